The molecule has 0 radical (unpaired) electrons. The molecule has 0 fully saturated rings. The van der Waals surface area contributed by atoms with E-state index in [0.29, 0.717) is 11.6 Å². The second-order valence-corrected chi connectivity index (χ2v) is 6.25. The predicted octanol–water partition coefficient (Wildman–Crippen LogP) is 4.82. The summed E-state index contributed by atoms with van der Waals surface area (Å²) >= 11 is 0. The monoisotopic (exact) mass is 386 g/mol. The van der Waals surface area contributed by atoms with Gasteiger partial charge < -0.3 is 10.6 Å². The summed E-state index contributed by atoms with van der Waals surface area (Å²) in [5.41, 5.74) is 2.30. The fraction of sp³-hybridized carbons (Fsp3) is 0.150. The lowest BCUT2D eigenvalue weighted by molar-refractivity contribution is 0.102. The van der Waals surface area contributed by atoms with Gasteiger partial charge in [0.25, 0.3) is 5.91 Å². The van der Waals surface area contributed by atoms with Crippen molar-refractivity contribution < 1.29 is 18.0 Å². The maximum Gasteiger partial charge on any atom is 0.274 e. The molecule has 0 saturated carbocycles. The molecular weight excluding hydrogens is 369 g/mol. The van der Waals surface area contributed by atoms with Gasteiger partial charge in [-0.25, -0.2) is 23.1 Å². The van der Waals surface area contributed by atoms with Gasteiger partial charge in [-0.1, -0.05) is 18.2 Å². The smallest absolute Gasteiger partial charge is 0.274 e. The maximum absolute atomic E-state index is 13.8. The third-order valence-electron chi connectivity index (χ3n) is 4.09. The van der Waals surface area contributed by atoms with Gasteiger partial charge in [0, 0.05) is 11.8 Å². The Bertz CT molecular complexity index is 1050. The second kappa shape index (κ2) is 7.67. The van der Waals surface area contributed by atoms with Crippen LogP contribution in [0.4, 0.5) is 30.4 Å². The number of amides is 1. The number of anilines is 3. The molecule has 0 aliphatic heterocycles. The van der Waals surface area contributed by atoms with Gasteiger partial charge >= 0.3 is 0 Å². The molecule has 0 bridgehead atoms. The van der Waals surface area contributed by atoms with Crippen LogP contribution in [0.2, 0.25) is 0 Å². The molecule has 1 aromatic heterocycles. The van der Waals surface area contributed by atoms with Crippen molar-refractivity contribution in [2.75, 3.05) is 10.6 Å². The van der Waals surface area contributed by atoms with E-state index in [0.717, 1.165) is 28.9 Å². The maximum atomic E-state index is 13.8. The standard InChI is InChI=1S/C20H17F3N4O/c1-10-5-4-6-11(2)19(10)27-16-9-15(24-12(3)25-16)20(28)26-14-8-7-13(21)17(22)18(14)23/h4-9H,1-3H3,(H,26,28)(H,24,25,27). The van der Waals surface area contributed by atoms with Crippen molar-refractivity contribution in [3.05, 3.63) is 76.5 Å². The van der Waals surface area contributed by atoms with Gasteiger partial charge in [-0.05, 0) is 44.0 Å². The molecule has 1 amide bonds. The fourth-order valence-electron chi connectivity index (χ4n) is 2.70. The number of nitrogens with one attached hydrogen (secondary N) is 2. The van der Waals surface area contributed by atoms with Crippen molar-refractivity contribution in [1.82, 2.24) is 9.97 Å². The first kappa shape index (κ1) is 19.3. The van der Waals surface area contributed by atoms with Crippen LogP contribution in [-0.2, 0) is 0 Å². The zero-order valence-corrected chi connectivity index (χ0v) is 15.4. The van der Waals surface area contributed by atoms with E-state index >= 15 is 0 Å². The Balaban J connectivity index is 1.89. The van der Waals surface area contributed by atoms with Crippen molar-refractivity contribution in [1.29, 1.82) is 0 Å². The first-order chi connectivity index (χ1) is 13.3. The van der Waals surface area contributed by atoms with Crippen LogP contribution < -0.4 is 10.6 Å². The van der Waals surface area contributed by atoms with Crippen LogP contribution >= 0.6 is 0 Å². The highest BCUT2D eigenvalue weighted by atomic mass is 19.2. The van der Waals surface area contributed by atoms with E-state index in [2.05, 4.69) is 20.6 Å². The third-order valence-corrected chi connectivity index (χ3v) is 4.09. The molecule has 0 atom stereocenters. The Hall–Kier alpha value is -3.42. The summed E-state index contributed by atoms with van der Waals surface area (Å²) in [6.07, 6.45) is 0. The minimum Gasteiger partial charge on any atom is -0.340 e. The number of benzene rings is 2. The molecule has 28 heavy (non-hydrogen) atoms. The minimum atomic E-state index is -1.66. The molecule has 3 rings (SSSR count). The first-order valence-corrected chi connectivity index (χ1v) is 8.40. The molecule has 0 aliphatic rings. The Morgan fingerprint density at radius 1 is 0.929 bits per heavy atom. The summed E-state index contributed by atoms with van der Waals surface area (Å²) in [4.78, 5) is 20.7. The summed E-state index contributed by atoms with van der Waals surface area (Å²) in [6, 6.07) is 8.86. The molecule has 3 aromatic rings. The Morgan fingerprint density at radius 3 is 2.29 bits per heavy atom. The number of nitrogens with zero attached hydrogens (tertiary/aromatic N) is 2. The lowest BCUT2D eigenvalue weighted by Crippen LogP contribution is -2.17. The zero-order valence-electron chi connectivity index (χ0n) is 15.4. The summed E-state index contributed by atoms with van der Waals surface area (Å²) in [5, 5.41) is 5.35. The summed E-state index contributed by atoms with van der Waals surface area (Å²) in [5.74, 6) is -4.57. The molecule has 0 unspecified atom stereocenters. The molecule has 1 heterocycles. The van der Waals surface area contributed by atoms with Crippen molar-refractivity contribution >= 4 is 23.1 Å². The van der Waals surface area contributed by atoms with Gasteiger partial charge in [0.2, 0.25) is 0 Å². The molecule has 2 N–H and O–H groups in total. The number of halogens is 3. The van der Waals surface area contributed by atoms with E-state index in [-0.39, 0.29) is 5.69 Å². The molecular formula is C20H17F3N4O. The van der Waals surface area contributed by atoms with Crippen LogP contribution in [0.25, 0.3) is 0 Å². The molecule has 0 aliphatic carbocycles. The van der Waals surface area contributed by atoms with Gasteiger partial charge in [0.1, 0.15) is 17.3 Å². The van der Waals surface area contributed by atoms with Crippen molar-refractivity contribution in [3.8, 4) is 0 Å². The number of rotatable bonds is 4. The Labute approximate surface area is 159 Å². The van der Waals surface area contributed by atoms with E-state index < -0.39 is 29.0 Å². The van der Waals surface area contributed by atoms with E-state index in [4.69, 9.17) is 0 Å². The van der Waals surface area contributed by atoms with Crippen LogP contribution in [0, 0.1) is 38.2 Å². The highest BCUT2D eigenvalue weighted by Crippen LogP contribution is 2.24. The van der Waals surface area contributed by atoms with Crippen LogP contribution in [0.15, 0.2) is 36.4 Å². The predicted molar refractivity (Wildman–Crippen MR) is 100 cm³/mol. The zero-order chi connectivity index (χ0) is 20.4. The molecule has 5 nitrogen and oxygen atoms in total. The highest BCUT2D eigenvalue weighted by molar-refractivity contribution is 6.03. The topological polar surface area (TPSA) is 66.9 Å². The average molecular weight is 386 g/mol. The minimum absolute atomic E-state index is 0.0506. The van der Waals surface area contributed by atoms with Gasteiger partial charge in [0.05, 0.1) is 5.69 Å². The average Bonchev–Trinajstić information content (AvgIpc) is 2.65. The number of carbonyl (C=O) groups excluding carboxylic acids is 1. The molecule has 144 valence electrons. The van der Waals surface area contributed by atoms with Gasteiger partial charge in [0.15, 0.2) is 17.5 Å². The highest BCUT2D eigenvalue weighted by Gasteiger charge is 2.18. The normalized spacial score (nSPS) is 10.6. The molecule has 0 spiro atoms. The second-order valence-electron chi connectivity index (χ2n) is 6.25. The van der Waals surface area contributed by atoms with Gasteiger partial charge in [-0.2, -0.15) is 0 Å². The van der Waals surface area contributed by atoms with Gasteiger partial charge in [-0.15, -0.1) is 0 Å². The largest absolute Gasteiger partial charge is 0.340 e. The lowest BCUT2D eigenvalue weighted by atomic mass is 10.1. The van der Waals surface area contributed by atoms with E-state index in [1.165, 1.54) is 6.07 Å². The molecule has 2 aromatic carbocycles. The van der Waals surface area contributed by atoms with Crippen molar-refractivity contribution in [2.45, 2.75) is 20.8 Å². The summed E-state index contributed by atoms with van der Waals surface area (Å²) in [7, 11) is 0. The summed E-state index contributed by atoms with van der Waals surface area (Å²) < 4.78 is 40.2. The fourth-order valence-corrected chi connectivity index (χ4v) is 2.70. The lowest BCUT2D eigenvalue weighted by Gasteiger charge is -2.13. The van der Waals surface area contributed by atoms with Crippen LogP contribution in [0.1, 0.15) is 27.4 Å². The van der Waals surface area contributed by atoms with E-state index in [1.807, 2.05) is 32.0 Å². The number of hydrogen-bond donors (Lipinski definition) is 2. The number of aryl methyl sites for hydroxylation is 3. The Morgan fingerprint density at radius 2 is 1.61 bits per heavy atom. The molecule has 0 saturated heterocycles. The van der Waals surface area contributed by atoms with Crippen LogP contribution in [0.3, 0.4) is 0 Å². The number of hydrogen-bond acceptors (Lipinski definition) is 4. The SMILES string of the molecule is Cc1nc(Nc2c(C)cccc2C)cc(C(=O)Nc2ccc(F)c(F)c2F)n1. The van der Waals surface area contributed by atoms with Crippen molar-refractivity contribution in [3.63, 3.8) is 0 Å². The van der Waals surface area contributed by atoms with Crippen LogP contribution in [-0.4, -0.2) is 15.9 Å². The third kappa shape index (κ3) is 3.95. The number of aromatic nitrogens is 2. The van der Waals surface area contributed by atoms with E-state index in [1.54, 1.807) is 6.92 Å². The molecule has 8 heteroatoms. The number of para-hydroxylation sites is 1. The Kier molecular flexibility index (Phi) is 5.30. The quantitative estimate of drug-likeness (QED) is 0.631. The van der Waals surface area contributed by atoms with Crippen LogP contribution in [0.5, 0.6) is 0 Å². The van der Waals surface area contributed by atoms with E-state index in [9.17, 15) is 18.0 Å². The van der Waals surface area contributed by atoms with Gasteiger partial charge in [-0.3, -0.25) is 4.79 Å². The summed E-state index contributed by atoms with van der Waals surface area (Å²) in [6.45, 7) is 5.47. The first-order valence-electron chi connectivity index (χ1n) is 8.40. The van der Waals surface area contributed by atoms with Crippen molar-refractivity contribution in [2.24, 2.45) is 0 Å². The number of carbonyl (C=O) groups is 1.